The zero-order valence-corrected chi connectivity index (χ0v) is 19.0. The molecule has 0 aliphatic carbocycles. The Labute approximate surface area is 197 Å². The number of carbonyl (C=O) groups excluding carboxylic acids is 3. The van der Waals surface area contributed by atoms with Crippen LogP contribution in [-0.4, -0.2) is 39.1 Å². The van der Waals surface area contributed by atoms with Crippen LogP contribution in [0.1, 0.15) is 17.0 Å². The van der Waals surface area contributed by atoms with Crippen LogP contribution < -0.4 is 16.0 Å². The van der Waals surface area contributed by atoms with Crippen molar-refractivity contribution in [3.63, 3.8) is 0 Å². The van der Waals surface area contributed by atoms with E-state index >= 15 is 0 Å². The molecule has 1 heterocycles. The average Bonchev–Trinajstić information content (AvgIpc) is 2.87. The second-order valence-corrected chi connectivity index (χ2v) is 7.31. The minimum absolute atomic E-state index is 0.0253. The van der Waals surface area contributed by atoms with Crippen molar-refractivity contribution in [2.75, 3.05) is 26.2 Å². The first-order valence-electron chi connectivity index (χ1n) is 10.3. The number of amides is 1. The third-order valence-corrected chi connectivity index (χ3v) is 5.47. The van der Waals surface area contributed by atoms with Gasteiger partial charge in [-0.3, -0.25) is 9.69 Å². The number of allylic oxidation sites excluding steroid dienone is 1. The van der Waals surface area contributed by atoms with Gasteiger partial charge in [-0.2, -0.15) is 5.26 Å². The number of nitriles is 1. The maximum Gasteiger partial charge on any atom is 0.355 e. The molecule has 9 heteroatoms. The molecule has 0 fully saturated rings. The number of hydrogen-bond acceptors (Lipinski definition) is 8. The van der Waals surface area contributed by atoms with E-state index in [4.69, 9.17) is 15.2 Å². The van der Waals surface area contributed by atoms with Gasteiger partial charge in [0, 0.05) is 7.05 Å². The number of ether oxygens (including phenoxy) is 2. The molecule has 2 aromatic rings. The van der Waals surface area contributed by atoms with Crippen LogP contribution in [0.2, 0.25) is 0 Å². The Morgan fingerprint density at radius 1 is 1.03 bits per heavy atom. The molecule has 0 radical (unpaired) electrons. The van der Waals surface area contributed by atoms with E-state index in [-0.39, 0.29) is 35.0 Å². The molecule has 34 heavy (non-hydrogen) atoms. The van der Waals surface area contributed by atoms with E-state index in [1.54, 1.807) is 54.6 Å². The van der Waals surface area contributed by atoms with Crippen molar-refractivity contribution in [2.45, 2.75) is 12.3 Å². The average molecular weight is 460 g/mol. The molecule has 0 saturated heterocycles. The van der Waals surface area contributed by atoms with Gasteiger partial charge in [-0.05, 0) is 17.2 Å². The van der Waals surface area contributed by atoms with Crippen LogP contribution in [0, 0.1) is 11.3 Å². The zero-order chi connectivity index (χ0) is 24.8. The number of hydrogen-bond donors (Lipinski definition) is 2. The molecule has 9 nitrogen and oxygen atoms in total. The lowest BCUT2D eigenvalue weighted by Crippen LogP contribution is -2.41. The fourth-order valence-electron chi connectivity index (χ4n) is 3.90. The van der Waals surface area contributed by atoms with Crippen LogP contribution in [-0.2, 0) is 30.3 Å². The van der Waals surface area contributed by atoms with E-state index in [1.807, 2.05) is 0 Å². The third-order valence-electron chi connectivity index (χ3n) is 5.47. The molecule has 2 aromatic carbocycles. The summed E-state index contributed by atoms with van der Waals surface area (Å²) < 4.78 is 10.0. The van der Waals surface area contributed by atoms with Gasteiger partial charge in [-0.25, -0.2) is 9.59 Å². The number of nitrogens with one attached hydrogen (secondary N) is 1. The van der Waals surface area contributed by atoms with Crippen molar-refractivity contribution in [2.24, 2.45) is 5.73 Å². The van der Waals surface area contributed by atoms with Gasteiger partial charge in [-0.15, -0.1) is 0 Å². The van der Waals surface area contributed by atoms with Gasteiger partial charge in [0.25, 0.3) is 0 Å². The lowest BCUT2D eigenvalue weighted by atomic mass is 9.80. The Bertz CT molecular complexity index is 1230. The van der Waals surface area contributed by atoms with E-state index in [9.17, 15) is 19.6 Å². The van der Waals surface area contributed by atoms with Crippen molar-refractivity contribution in [3.8, 4) is 6.07 Å². The molecular weight excluding hydrogens is 436 g/mol. The molecule has 0 bridgehead atoms. The summed E-state index contributed by atoms with van der Waals surface area (Å²) in [5, 5.41) is 12.6. The smallest absolute Gasteiger partial charge is 0.355 e. The molecule has 0 spiro atoms. The molecule has 0 aromatic heterocycles. The number of carbonyl (C=O) groups is 3. The Kier molecular flexibility index (Phi) is 7.33. The Balaban J connectivity index is 2.40. The fraction of sp³-hybridized carbons (Fsp3) is 0.200. The lowest BCUT2D eigenvalue weighted by molar-refractivity contribution is -0.139. The van der Waals surface area contributed by atoms with E-state index in [0.29, 0.717) is 16.8 Å². The van der Waals surface area contributed by atoms with Crippen LogP contribution in [0.25, 0.3) is 0 Å². The minimum atomic E-state index is -0.963. The van der Waals surface area contributed by atoms with Gasteiger partial charge in [-0.1, -0.05) is 48.5 Å². The quantitative estimate of drug-likeness (QED) is 0.624. The summed E-state index contributed by atoms with van der Waals surface area (Å²) in [6, 6.07) is 17.6. The summed E-state index contributed by atoms with van der Waals surface area (Å²) in [6.45, 7) is 0. The summed E-state index contributed by atoms with van der Waals surface area (Å²) in [7, 11) is 3.87. The molecular formula is C25H24N4O5. The number of para-hydroxylation sites is 1. The van der Waals surface area contributed by atoms with Gasteiger partial charge in [0.1, 0.15) is 11.5 Å². The maximum absolute atomic E-state index is 13.1. The highest BCUT2D eigenvalue weighted by molar-refractivity contribution is 6.06. The van der Waals surface area contributed by atoms with Crippen LogP contribution in [0.4, 0.5) is 5.69 Å². The maximum atomic E-state index is 13.1. The summed E-state index contributed by atoms with van der Waals surface area (Å²) in [5.74, 6) is -2.96. The molecule has 3 rings (SSSR count). The first-order chi connectivity index (χ1) is 16.4. The summed E-state index contributed by atoms with van der Waals surface area (Å²) in [6.07, 6.45) is -0.0253. The molecule has 174 valence electrons. The van der Waals surface area contributed by atoms with Crippen LogP contribution >= 0.6 is 0 Å². The highest BCUT2D eigenvalue weighted by Gasteiger charge is 2.43. The number of benzene rings is 2. The Morgan fingerprint density at radius 3 is 2.24 bits per heavy atom. The number of methoxy groups -OCH3 is 2. The summed E-state index contributed by atoms with van der Waals surface area (Å²) in [4.78, 5) is 39.6. The monoisotopic (exact) mass is 460 g/mol. The molecule has 1 atom stereocenters. The topological polar surface area (TPSA) is 135 Å². The number of anilines is 1. The second-order valence-electron chi connectivity index (χ2n) is 7.31. The van der Waals surface area contributed by atoms with Gasteiger partial charge >= 0.3 is 11.9 Å². The summed E-state index contributed by atoms with van der Waals surface area (Å²) >= 11 is 0. The molecule has 1 unspecified atom stereocenters. The van der Waals surface area contributed by atoms with Crippen molar-refractivity contribution in [1.82, 2.24) is 5.32 Å². The summed E-state index contributed by atoms with van der Waals surface area (Å²) in [5.41, 5.74) is 7.71. The number of nitrogens with zero attached hydrogens (tertiary/aromatic N) is 2. The SMILES string of the molecule is CNC(=O)Cc1ccccc1N1C(N)=C(C#N)C(c2ccccc2)C(C(=O)OC)=C1C(=O)OC. The number of esters is 2. The second kappa shape index (κ2) is 10.4. The van der Waals surface area contributed by atoms with Crippen LogP contribution in [0.5, 0.6) is 0 Å². The lowest BCUT2D eigenvalue weighted by Gasteiger charge is -2.36. The normalized spacial score (nSPS) is 15.5. The number of likely N-dealkylation sites (N-methyl/N-ethyl adjacent to an activating group) is 1. The van der Waals surface area contributed by atoms with Crippen molar-refractivity contribution >= 4 is 23.5 Å². The third kappa shape index (κ3) is 4.34. The highest BCUT2D eigenvalue weighted by atomic mass is 16.5. The Morgan fingerprint density at radius 2 is 1.65 bits per heavy atom. The first-order valence-corrected chi connectivity index (χ1v) is 10.3. The molecule has 0 saturated carbocycles. The van der Waals surface area contributed by atoms with E-state index in [2.05, 4.69) is 11.4 Å². The largest absolute Gasteiger partial charge is 0.466 e. The van der Waals surface area contributed by atoms with Gasteiger partial charge < -0.3 is 20.5 Å². The van der Waals surface area contributed by atoms with Gasteiger partial charge in [0.15, 0.2) is 0 Å². The number of nitrogens with two attached hydrogens (primary N) is 1. The van der Waals surface area contributed by atoms with E-state index < -0.39 is 17.9 Å². The van der Waals surface area contributed by atoms with Crippen molar-refractivity contribution in [1.29, 1.82) is 5.26 Å². The van der Waals surface area contributed by atoms with Gasteiger partial charge in [0.2, 0.25) is 5.91 Å². The standard InChI is InChI=1S/C25H24N4O5/c1-28-19(30)13-16-11-7-8-12-18(16)29-22(25(32)34-3)21(24(31)33-2)20(17(14-26)23(29)27)15-9-5-4-6-10-15/h4-12,20H,13,27H2,1-3H3,(H,28,30). The molecule has 1 aliphatic heterocycles. The fourth-order valence-corrected chi connectivity index (χ4v) is 3.90. The molecule has 1 aliphatic rings. The predicted octanol–water partition coefficient (Wildman–Crippen LogP) is 1.87. The Hall–Kier alpha value is -4.58. The zero-order valence-electron chi connectivity index (χ0n) is 19.0. The number of rotatable bonds is 6. The van der Waals surface area contributed by atoms with Crippen LogP contribution in [0.15, 0.2) is 77.3 Å². The van der Waals surface area contributed by atoms with Crippen molar-refractivity contribution in [3.05, 3.63) is 88.4 Å². The van der Waals surface area contributed by atoms with Crippen LogP contribution in [0.3, 0.4) is 0 Å². The molecule has 1 amide bonds. The van der Waals surface area contributed by atoms with Crippen molar-refractivity contribution < 1.29 is 23.9 Å². The van der Waals surface area contributed by atoms with Gasteiger partial charge in [0.05, 0.1) is 49.5 Å². The van der Waals surface area contributed by atoms with E-state index in [0.717, 1.165) is 0 Å². The minimum Gasteiger partial charge on any atom is -0.466 e. The predicted molar refractivity (Wildman–Crippen MR) is 124 cm³/mol. The molecule has 3 N–H and O–H groups in total. The van der Waals surface area contributed by atoms with E-state index in [1.165, 1.54) is 26.2 Å². The first kappa shape index (κ1) is 24.1. The highest BCUT2D eigenvalue weighted by Crippen LogP contribution is 2.43.